The Hall–Kier alpha value is -3.48. The first-order chi connectivity index (χ1) is 13.4. The predicted octanol–water partition coefficient (Wildman–Crippen LogP) is 3.33. The summed E-state index contributed by atoms with van der Waals surface area (Å²) in [5.41, 5.74) is 2.23. The van der Waals surface area contributed by atoms with E-state index in [1.54, 1.807) is 31.2 Å². The minimum atomic E-state index is -0.726. The predicted molar refractivity (Wildman–Crippen MR) is 101 cm³/mol. The van der Waals surface area contributed by atoms with Gasteiger partial charge < -0.3 is 14.8 Å². The summed E-state index contributed by atoms with van der Waals surface area (Å²) in [6.45, 7) is 1.32. The Morgan fingerprint density at radius 1 is 1.21 bits per heavy atom. The molecule has 144 valence electrons. The van der Waals surface area contributed by atoms with Gasteiger partial charge in [0, 0.05) is 17.3 Å². The molecule has 1 N–H and O–H groups in total. The fraction of sp³-hybridized carbons (Fsp3) is 0.190. The Kier molecular flexibility index (Phi) is 5.54. The molecule has 0 saturated carbocycles. The maximum Gasteiger partial charge on any atom is 0.331 e. The summed E-state index contributed by atoms with van der Waals surface area (Å²) in [6.07, 6.45) is 2.49. The summed E-state index contributed by atoms with van der Waals surface area (Å²) in [5.74, 6) is -2.01. The van der Waals surface area contributed by atoms with Crippen LogP contribution < -0.4 is 10.1 Å². The third-order valence-corrected chi connectivity index (χ3v) is 4.42. The van der Waals surface area contributed by atoms with Crippen LogP contribution in [0.5, 0.6) is 5.75 Å². The fourth-order valence-electron chi connectivity index (χ4n) is 2.81. The number of ketones is 1. The third kappa shape index (κ3) is 4.09. The maximum atomic E-state index is 13.6. The first-order valence-corrected chi connectivity index (χ1v) is 8.55. The number of methoxy groups -OCH3 is 1. The number of anilines is 1. The molecule has 28 heavy (non-hydrogen) atoms. The zero-order chi connectivity index (χ0) is 20.3. The van der Waals surface area contributed by atoms with Crippen molar-refractivity contribution < 1.29 is 28.2 Å². The number of Topliss-reactive ketones (excluding diaryl/α,β-unsaturated/α-hetero) is 1. The molecule has 0 aliphatic carbocycles. The van der Waals surface area contributed by atoms with Crippen molar-refractivity contribution in [2.45, 2.75) is 12.8 Å². The molecule has 1 amide bonds. The number of ether oxygens (including phenoxy) is 2. The van der Waals surface area contributed by atoms with Crippen LogP contribution in [-0.4, -0.2) is 31.4 Å². The van der Waals surface area contributed by atoms with Gasteiger partial charge in [0.1, 0.15) is 0 Å². The highest BCUT2D eigenvalue weighted by Crippen LogP contribution is 2.32. The van der Waals surface area contributed by atoms with E-state index < -0.39 is 18.4 Å². The summed E-state index contributed by atoms with van der Waals surface area (Å²) >= 11 is 0. The molecule has 7 heteroatoms. The normalized spacial score (nSPS) is 15.2. The number of fused-ring (bicyclic) bond motifs is 1. The Morgan fingerprint density at radius 3 is 2.71 bits per heavy atom. The van der Waals surface area contributed by atoms with Crippen molar-refractivity contribution in [3.05, 3.63) is 65.0 Å². The van der Waals surface area contributed by atoms with E-state index >= 15 is 0 Å². The van der Waals surface area contributed by atoms with Crippen LogP contribution in [0.25, 0.3) is 6.08 Å². The number of nitrogens with one attached hydrogen (secondary N) is 1. The van der Waals surface area contributed by atoms with Crippen LogP contribution in [-0.2, 0) is 14.3 Å². The number of esters is 1. The number of carbonyl (C=O) groups is 3. The molecular weight excluding hydrogens is 365 g/mol. The molecule has 1 atom stereocenters. The van der Waals surface area contributed by atoms with Gasteiger partial charge in [0.2, 0.25) is 5.91 Å². The van der Waals surface area contributed by atoms with Gasteiger partial charge in [-0.3, -0.25) is 9.59 Å². The second-order valence-electron chi connectivity index (χ2n) is 6.27. The minimum Gasteiger partial charge on any atom is -0.494 e. The van der Waals surface area contributed by atoms with Crippen LogP contribution in [0.3, 0.4) is 0 Å². The number of benzene rings is 2. The Morgan fingerprint density at radius 2 is 2.00 bits per heavy atom. The largest absolute Gasteiger partial charge is 0.494 e. The third-order valence-electron chi connectivity index (χ3n) is 4.42. The van der Waals surface area contributed by atoms with Crippen LogP contribution in [0.1, 0.15) is 34.3 Å². The standard InChI is InChI=1S/C21H18FNO5/c1-12-15-10-14(5-6-17(15)23-21(12)26)18(24)11-28-20(25)8-4-13-3-7-19(27-2)16(22)9-13/h3-10,12H,11H2,1-2H3,(H,23,26)/b8-4+/t12-/m0/s1. The SMILES string of the molecule is COc1ccc(/C=C/C(=O)OCC(=O)c2ccc3c(c2)[C@H](C)C(=O)N3)cc1F. The molecule has 0 unspecified atom stereocenters. The number of halogens is 1. The van der Waals surface area contributed by atoms with Crippen molar-refractivity contribution in [3.8, 4) is 5.75 Å². The van der Waals surface area contributed by atoms with E-state index in [-0.39, 0.29) is 23.4 Å². The Balaban J connectivity index is 1.58. The van der Waals surface area contributed by atoms with Gasteiger partial charge in [0.05, 0.1) is 13.0 Å². The molecule has 0 spiro atoms. The van der Waals surface area contributed by atoms with Crippen molar-refractivity contribution in [2.24, 2.45) is 0 Å². The van der Waals surface area contributed by atoms with Crippen LogP contribution in [0.2, 0.25) is 0 Å². The minimum absolute atomic E-state index is 0.103. The Bertz CT molecular complexity index is 983. The summed E-state index contributed by atoms with van der Waals surface area (Å²) in [5, 5.41) is 2.73. The number of rotatable bonds is 6. The molecule has 0 radical (unpaired) electrons. The van der Waals surface area contributed by atoms with E-state index in [0.717, 1.165) is 11.6 Å². The molecule has 1 aliphatic heterocycles. The van der Waals surface area contributed by atoms with Crippen molar-refractivity contribution in [1.82, 2.24) is 0 Å². The summed E-state index contributed by atoms with van der Waals surface area (Å²) in [6, 6.07) is 9.10. The average molecular weight is 383 g/mol. The van der Waals surface area contributed by atoms with Gasteiger partial charge in [-0.1, -0.05) is 6.07 Å². The molecule has 2 aromatic rings. The number of hydrogen-bond acceptors (Lipinski definition) is 5. The average Bonchev–Trinajstić information content (AvgIpc) is 2.98. The molecule has 3 rings (SSSR count). The van der Waals surface area contributed by atoms with E-state index in [0.29, 0.717) is 16.8 Å². The van der Waals surface area contributed by atoms with Crippen LogP contribution >= 0.6 is 0 Å². The Labute approximate surface area is 161 Å². The van der Waals surface area contributed by atoms with Crippen LogP contribution in [0, 0.1) is 5.82 Å². The second kappa shape index (κ2) is 8.04. The molecule has 0 aromatic heterocycles. The number of hydrogen-bond donors (Lipinski definition) is 1. The quantitative estimate of drug-likeness (QED) is 0.470. The lowest BCUT2D eigenvalue weighted by Gasteiger charge is -2.06. The van der Waals surface area contributed by atoms with Gasteiger partial charge in [-0.2, -0.15) is 0 Å². The zero-order valence-corrected chi connectivity index (χ0v) is 15.3. The molecular formula is C21H18FNO5. The van der Waals surface area contributed by atoms with E-state index in [1.807, 2.05) is 0 Å². The molecule has 2 aromatic carbocycles. The molecule has 6 nitrogen and oxygen atoms in total. The molecule has 0 fully saturated rings. The lowest BCUT2D eigenvalue weighted by atomic mass is 9.99. The van der Waals surface area contributed by atoms with Crippen LogP contribution in [0.4, 0.5) is 10.1 Å². The number of carbonyl (C=O) groups excluding carboxylic acids is 3. The molecule has 0 bridgehead atoms. The van der Waals surface area contributed by atoms with E-state index in [2.05, 4.69) is 5.32 Å². The van der Waals surface area contributed by atoms with Gasteiger partial charge >= 0.3 is 5.97 Å². The van der Waals surface area contributed by atoms with Gasteiger partial charge in [-0.15, -0.1) is 0 Å². The highest BCUT2D eigenvalue weighted by molar-refractivity contribution is 6.05. The van der Waals surface area contributed by atoms with E-state index in [4.69, 9.17) is 9.47 Å². The topological polar surface area (TPSA) is 81.7 Å². The zero-order valence-electron chi connectivity index (χ0n) is 15.3. The highest BCUT2D eigenvalue weighted by atomic mass is 19.1. The maximum absolute atomic E-state index is 13.6. The lowest BCUT2D eigenvalue weighted by Crippen LogP contribution is -2.13. The highest BCUT2D eigenvalue weighted by Gasteiger charge is 2.27. The summed E-state index contributed by atoms with van der Waals surface area (Å²) < 4.78 is 23.4. The first-order valence-electron chi connectivity index (χ1n) is 8.55. The second-order valence-corrected chi connectivity index (χ2v) is 6.27. The summed E-state index contributed by atoms with van der Waals surface area (Å²) in [7, 11) is 1.36. The monoisotopic (exact) mass is 383 g/mol. The van der Waals surface area contributed by atoms with E-state index in [1.165, 1.54) is 25.3 Å². The lowest BCUT2D eigenvalue weighted by molar-refractivity contribution is -0.136. The van der Waals surface area contributed by atoms with E-state index in [9.17, 15) is 18.8 Å². The number of amides is 1. The first kappa shape index (κ1) is 19.3. The van der Waals surface area contributed by atoms with Gasteiger partial charge in [-0.25, -0.2) is 9.18 Å². The molecule has 1 heterocycles. The van der Waals surface area contributed by atoms with Gasteiger partial charge in [-0.05, 0) is 54.5 Å². The molecule has 0 saturated heterocycles. The smallest absolute Gasteiger partial charge is 0.331 e. The molecule has 1 aliphatic rings. The van der Waals surface area contributed by atoms with Crippen molar-refractivity contribution in [1.29, 1.82) is 0 Å². The van der Waals surface area contributed by atoms with Crippen molar-refractivity contribution in [2.75, 3.05) is 19.0 Å². The fourth-order valence-corrected chi connectivity index (χ4v) is 2.81. The van der Waals surface area contributed by atoms with Crippen molar-refractivity contribution >= 4 is 29.4 Å². The van der Waals surface area contributed by atoms with Crippen molar-refractivity contribution in [3.63, 3.8) is 0 Å². The van der Waals surface area contributed by atoms with Gasteiger partial charge in [0.25, 0.3) is 0 Å². The summed E-state index contributed by atoms with van der Waals surface area (Å²) in [4.78, 5) is 35.7. The van der Waals surface area contributed by atoms with Crippen LogP contribution in [0.15, 0.2) is 42.5 Å². The van der Waals surface area contributed by atoms with Gasteiger partial charge in [0.15, 0.2) is 24.0 Å².